The number of thiophene rings is 1. The second-order valence-corrected chi connectivity index (χ2v) is 6.70. The maximum Gasteiger partial charge on any atom is 0.327 e. The number of rotatable bonds is 2. The number of thioether (sulfide) groups is 1. The first-order chi connectivity index (χ1) is 9.49. The average molecular weight is 311 g/mol. The topological polar surface area (TPSA) is 75.4 Å². The van der Waals surface area contributed by atoms with Gasteiger partial charge in [-0.15, -0.1) is 23.1 Å². The van der Waals surface area contributed by atoms with Crippen molar-refractivity contribution in [2.75, 3.05) is 11.6 Å². The maximum absolute atomic E-state index is 12.5. The summed E-state index contributed by atoms with van der Waals surface area (Å²) in [5, 5.41) is 14.4. The van der Waals surface area contributed by atoms with Crippen LogP contribution in [0.3, 0.4) is 0 Å². The predicted molar refractivity (Wildman–Crippen MR) is 78.2 cm³/mol. The van der Waals surface area contributed by atoms with E-state index in [1.54, 1.807) is 4.68 Å². The minimum Gasteiger partial charge on any atom is -0.480 e. The SMILES string of the molecule is Cc1nn(C)c2sc(C(=O)N3CSCC3C(=O)O)cc12. The zero-order chi connectivity index (χ0) is 14.4. The third-order valence-corrected chi connectivity index (χ3v) is 5.54. The van der Waals surface area contributed by atoms with Crippen molar-refractivity contribution in [3.63, 3.8) is 0 Å². The van der Waals surface area contributed by atoms with Crippen molar-refractivity contribution in [2.24, 2.45) is 7.05 Å². The largest absolute Gasteiger partial charge is 0.480 e. The molecule has 1 atom stereocenters. The first-order valence-electron chi connectivity index (χ1n) is 6.03. The molecule has 0 saturated carbocycles. The molecule has 1 aliphatic rings. The van der Waals surface area contributed by atoms with Crippen molar-refractivity contribution in [3.8, 4) is 0 Å². The molecule has 0 spiro atoms. The summed E-state index contributed by atoms with van der Waals surface area (Å²) in [6, 6.07) is 1.09. The van der Waals surface area contributed by atoms with E-state index in [2.05, 4.69) is 5.10 Å². The standard InChI is InChI=1S/C12H13N3O3S2/c1-6-7-3-9(20-11(7)14(2)13-6)10(16)15-5-19-4-8(15)12(17)18/h3,8H,4-5H2,1-2H3,(H,17,18). The molecule has 2 aromatic rings. The monoisotopic (exact) mass is 311 g/mol. The number of carboxylic acids is 1. The number of carboxylic acid groups (broad SMARTS) is 1. The molecule has 1 aliphatic heterocycles. The van der Waals surface area contributed by atoms with Crippen molar-refractivity contribution in [1.29, 1.82) is 0 Å². The lowest BCUT2D eigenvalue weighted by molar-refractivity contribution is -0.140. The number of hydrogen-bond acceptors (Lipinski definition) is 5. The van der Waals surface area contributed by atoms with Crippen LogP contribution in [-0.4, -0.2) is 49.3 Å². The summed E-state index contributed by atoms with van der Waals surface area (Å²) in [4.78, 5) is 26.6. The van der Waals surface area contributed by atoms with Crippen LogP contribution in [0, 0.1) is 6.92 Å². The van der Waals surface area contributed by atoms with Crippen LogP contribution in [0.5, 0.6) is 0 Å². The summed E-state index contributed by atoms with van der Waals surface area (Å²) in [5.74, 6) is -0.265. The predicted octanol–water partition coefficient (Wildman–Crippen LogP) is 1.54. The van der Waals surface area contributed by atoms with Gasteiger partial charge in [0.05, 0.1) is 16.4 Å². The molecule has 1 unspecified atom stereocenters. The fourth-order valence-corrected chi connectivity index (χ4v) is 4.52. The number of fused-ring (bicyclic) bond motifs is 1. The number of hydrogen-bond donors (Lipinski definition) is 1. The number of aliphatic carboxylic acids is 1. The summed E-state index contributed by atoms with van der Waals surface area (Å²) < 4.78 is 1.75. The smallest absolute Gasteiger partial charge is 0.327 e. The van der Waals surface area contributed by atoms with Crippen molar-refractivity contribution in [3.05, 3.63) is 16.6 Å². The Morgan fingerprint density at radius 1 is 1.50 bits per heavy atom. The molecule has 0 radical (unpaired) electrons. The van der Waals surface area contributed by atoms with E-state index in [-0.39, 0.29) is 5.91 Å². The van der Waals surface area contributed by atoms with Gasteiger partial charge in [0.1, 0.15) is 10.9 Å². The zero-order valence-corrected chi connectivity index (χ0v) is 12.6. The molecule has 0 aromatic carbocycles. The number of amides is 1. The fraction of sp³-hybridized carbons (Fsp3) is 0.417. The van der Waals surface area contributed by atoms with E-state index in [1.807, 2.05) is 20.0 Å². The van der Waals surface area contributed by atoms with Crippen molar-refractivity contribution < 1.29 is 14.7 Å². The number of carbonyl (C=O) groups is 2. The minimum atomic E-state index is -0.942. The van der Waals surface area contributed by atoms with Crippen LogP contribution in [0.15, 0.2) is 6.07 Å². The number of aromatic nitrogens is 2. The Balaban J connectivity index is 1.96. The molecule has 3 heterocycles. The van der Waals surface area contributed by atoms with Gasteiger partial charge in [-0.05, 0) is 13.0 Å². The quantitative estimate of drug-likeness (QED) is 0.910. The Labute approximate surface area is 123 Å². The van der Waals surface area contributed by atoms with E-state index in [1.165, 1.54) is 28.0 Å². The highest BCUT2D eigenvalue weighted by Gasteiger charge is 2.35. The Kier molecular flexibility index (Phi) is 3.21. The van der Waals surface area contributed by atoms with Gasteiger partial charge in [-0.1, -0.05) is 0 Å². The van der Waals surface area contributed by atoms with E-state index in [9.17, 15) is 9.59 Å². The molecule has 20 heavy (non-hydrogen) atoms. The molecular weight excluding hydrogens is 298 g/mol. The van der Waals surface area contributed by atoms with Gasteiger partial charge in [0.25, 0.3) is 5.91 Å². The molecule has 1 fully saturated rings. The van der Waals surface area contributed by atoms with Crippen LogP contribution >= 0.6 is 23.1 Å². The molecule has 0 aliphatic carbocycles. The summed E-state index contributed by atoms with van der Waals surface area (Å²) in [7, 11) is 1.84. The first-order valence-corrected chi connectivity index (χ1v) is 8.01. The van der Waals surface area contributed by atoms with Crippen molar-refractivity contribution >= 4 is 45.2 Å². The molecule has 106 valence electrons. The highest BCUT2D eigenvalue weighted by molar-refractivity contribution is 7.99. The van der Waals surface area contributed by atoms with Gasteiger partial charge in [0.2, 0.25) is 0 Å². The van der Waals surface area contributed by atoms with Crippen LogP contribution in [-0.2, 0) is 11.8 Å². The molecule has 1 amide bonds. The number of nitrogens with zero attached hydrogens (tertiary/aromatic N) is 3. The van der Waals surface area contributed by atoms with Crippen molar-refractivity contribution in [1.82, 2.24) is 14.7 Å². The Hall–Kier alpha value is -1.54. The summed E-state index contributed by atoms with van der Waals surface area (Å²) in [5.41, 5.74) is 0.878. The third-order valence-electron chi connectivity index (χ3n) is 3.34. The van der Waals surface area contributed by atoms with Gasteiger partial charge in [-0.3, -0.25) is 9.48 Å². The molecule has 6 nitrogen and oxygen atoms in total. The van der Waals surface area contributed by atoms with E-state index >= 15 is 0 Å². The van der Waals surface area contributed by atoms with Gasteiger partial charge in [0, 0.05) is 18.2 Å². The van der Waals surface area contributed by atoms with E-state index in [4.69, 9.17) is 5.11 Å². The minimum absolute atomic E-state index is 0.206. The molecule has 1 saturated heterocycles. The van der Waals surface area contributed by atoms with Gasteiger partial charge in [-0.2, -0.15) is 5.10 Å². The molecule has 2 aromatic heterocycles. The summed E-state index contributed by atoms with van der Waals surface area (Å²) >= 11 is 2.83. The lowest BCUT2D eigenvalue weighted by atomic mass is 10.2. The van der Waals surface area contributed by atoms with E-state index in [0.717, 1.165) is 15.9 Å². The fourth-order valence-electron chi connectivity index (χ4n) is 2.30. The molecule has 0 bridgehead atoms. The number of carbonyl (C=O) groups excluding carboxylic acids is 1. The number of aryl methyl sites for hydroxylation is 2. The Morgan fingerprint density at radius 2 is 2.25 bits per heavy atom. The van der Waals surface area contributed by atoms with Crippen LogP contribution in [0.2, 0.25) is 0 Å². The second-order valence-electron chi connectivity index (χ2n) is 4.67. The lowest BCUT2D eigenvalue weighted by Gasteiger charge is -2.19. The molecule has 8 heteroatoms. The van der Waals surface area contributed by atoms with Gasteiger partial charge in [-0.25, -0.2) is 4.79 Å². The van der Waals surface area contributed by atoms with Crippen LogP contribution in [0.4, 0.5) is 0 Å². The summed E-state index contributed by atoms with van der Waals surface area (Å²) in [6.45, 7) is 1.90. The van der Waals surface area contributed by atoms with Gasteiger partial charge in [0.15, 0.2) is 0 Å². The van der Waals surface area contributed by atoms with Crippen LogP contribution < -0.4 is 0 Å². The average Bonchev–Trinajstić information content (AvgIpc) is 3.08. The normalized spacial score (nSPS) is 18.9. The van der Waals surface area contributed by atoms with Crippen LogP contribution in [0.25, 0.3) is 10.2 Å². The Morgan fingerprint density at radius 3 is 2.90 bits per heavy atom. The lowest BCUT2D eigenvalue weighted by Crippen LogP contribution is -2.41. The van der Waals surface area contributed by atoms with Crippen LogP contribution in [0.1, 0.15) is 15.4 Å². The highest BCUT2D eigenvalue weighted by atomic mass is 32.2. The molecule has 1 N–H and O–H groups in total. The molecule has 3 rings (SSSR count). The summed E-state index contributed by atoms with van der Waals surface area (Å²) in [6.07, 6.45) is 0. The second kappa shape index (κ2) is 4.78. The molecular formula is C12H13N3O3S2. The van der Waals surface area contributed by atoms with E-state index in [0.29, 0.717) is 16.5 Å². The maximum atomic E-state index is 12.5. The zero-order valence-electron chi connectivity index (χ0n) is 11.0. The first kappa shape index (κ1) is 13.4. The van der Waals surface area contributed by atoms with Gasteiger partial charge >= 0.3 is 5.97 Å². The Bertz CT molecular complexity index is 672. The van der Waals surface area contributed by atoms with E-state index < -0.39 is 12.0 Å². The highest BCUT2D eigenvalue weighted by Crippen LogP contribution is 2.31. The van der Waals surface area contributed by atoms with Gasteiger partial charge < -0.3 is 10.0 Å². The van der Waals surface area contributed by atoms with Crippen molar-refractivity contribution in [2.45, 2.75) is 13.0 Å². The third kappa shape index (κ3) is 1.99.